The average Bonchev–Trinajstić information content (AvgIpc) is 2.88. The van der Waals surface area contributed by atoms with E-state index in [-0.39, 0.29) is 17.9 Å². The molecule has 0 bridgehead atoms. The number of hydrogen-bond donors (Lipinski definition) is 1. The second-order valence-corrected chi connectivity index (χ2v) is 11.4. The third-order valence-corrected chi connectivity index (χ3v) is 7.82. The normalized spacial score (nSPS) is 14.8. The van der Waals surface area contributed by atoms with Gasteiger partial charge in [-0.2, -0.15) is 0 Å². The highest BCUT2D eigenvalue weighted by Gasteiger charge is 2.29. The van der Waals surface area contributed by atoms with Gasteiger partial charge >= 0.3 is 6.03 Å². The van der Waals surface area contributed by atoms with Gasteiger partial charge in [-0.1, -0.05) is 36.4 Å². The molecule has 8 nitrogen and oxygen atoms in total. The molecule has 2 heterocycles. The number of amides is 2. The maximum Gasteiger partial charge on any atom is 0.322 e. The molecule has 1 aliphatic heterocycles. The second-order valence-electron chi connectivity index (χ2n) is 9.44. The molecule has 9 heteroatoms. The summed E-state index contributed by atoms with van der Waals surface area (Å²) in [6.45, 7) is 3.92. The van der Waals surface area contributed by atoms with Crippen molar-refractivity contribution in [3.8, 4) is 0 Å². The Labute approximate surface area is 218 Å². The predicted octanol–water partition coefficient (Wildman–Crippen LogP) is 4.39. The molecule has 0 saturated carbocycles. The molecule has 2 aromatic carbocycles. The van der Waals surface area contributed by atoms with E-state index in [1.165, 1.54) is 13.2 Å². The molecule has 2 amide bonds. The summed E-state index contributed by atoms with van der Waals surface area (Å²) in [5, 5.41) is 2.96. The van der Waals surface area contributed by atoms with E-state index in [0.29, 0.717) is 29.2 Å². The number of piperidine rings is 1. The standard InChI is InChI=1S/C28H32N4O4S/c1-21(33)23-9-5-10-25(17-23)30-28(34)32(19-22-7-6-14-29-18-22)26-12-15-31(16-13-26)20-24-8-3-4-11-27(24)37(2,35)36/h3-11,14,17-18,26H,12-13,15-16,19-20H2,1-2H3,(H,30,34). The molecule has 0 unspecified atom stereocenters. The zero-order valence-corrected chi connectivity index (χ0v) is 21.9. The summed E-state index contributed by atoms with van der Waals surface area (Å²) in [5.41, 5.74) is 2.83. The van der Waals surface area contributed by atoms with Crippen LogP contribution in [0.1, 0.15) is 41.3 Å². The van der Waals surface area contributed by atoms with Crippen LogP contribution in [0.15, 0.2) is 78.0 Å². The minimum absolute atomic E-state index is 0.00222. The van der Waals surface area contributed by atoms with Gasteiger partial charge in [-0.3, -0.25) is 14.7 Å². The summed E-state index contributed by atoms with van der Waals surface area (Å²) in [6.07, 6.45) is 6.20. The van der Waals surface area contributed by atoms with E-state index >= 15 is 0 Å². The third-order valence-electron chi connectivity index (χ3n) is 6.62. The molecular weight excluding hydrogens is 488 g/mol. The maximum atomic E-state index is 13.5. The molecule has 0 aliphatic carbocycles. The van der Waals surface area contributed by atoms with Crippen LogP contribution >= 0.6 is 0 Å². The molecular formula is C28H32N4O4S. The Kier molecular flexibility index (Phi) is 8.35. The van der Waals surface area contributed by atoms with Crippen molar-refractivity contribution in [2.24, 2.45) is 0 Å². The van der Waals surface area contributed by atoms with Gasteiger partial charge in [0.25, 0.3) is 0 Å². The van der Waals surface area contributed by atoms with Crippen LogP contribution in [0, 0.1) is 0 Å². The first-order valence-electron chi connectivity index (χ1n) is 12.3. The number of benzene rings is 2. The monoisotopic (exact) mass is 520 g/mol. The van der Waals surface area contributed by atoms with Crippen LogP contribution in [0.25, 0.3) is 0 Å². The fourth-order valence-corrected chi connectivity index (χ4v) is 5.63. The summed E-state index contributed by atoms with van der Waals surface area (Å²) in [4.78, 5) is 33.8. The number of sulfone groups is 1. The zero-order chi connectivity index (χ0) is 26.4. The first-order valence-corrected chi connectivity index (χ1v) is 14.2. The van der Waals surface area contributed by atoms with Crippen LogP contribution in [0.4, 0.5) is 10.5 Å². The quantitative estimate of drug-likeness (QED) is 0.443. The molecule has 194 valence electrons. The van der Waals surface area contributed by atoms with Crippen LogP contribution in [0.2, 0.25) is 0 Å². The van der Waals surface area contributed by atoms with Crippen molar-refractivity contribution < 1.29 is 18.0 Å². The predicted molar refractivity (Wildman–Crippen MR) is 143 cm³/mol. The smallest absolute Gasteiger partial charge is 0.317 e. The molecule has 37 heavy (non-hydrogen) atoms. The number of rotatable bonds is 8. The summed E-state index contributed by atoms with van der Waals surface area (Å²) < 4.78 is 24.4. The van der Waals surface area contributed by atoms with Crippen molar-refractivity contribution in [3.63, 3.8) is 0 Å². The van der Waals surface area contributed by atoms with Crippen molar-refractivity contribution in [2.75, 3.05) is 24.7 Å². The number of carbonyl (C=O) groups excluding carboxylic acids is 2. The lowest BCUT2D eigenvalue weighted by atomic mass is 10.0. The van der Waals surface area contributed by atoms with E-state index in [4.69, 9.17) is 0 Å². The number of pyridine rings is 1. The number of aromatic nitrogens is 1. The number of carbonyl (C=O) groups is 2. The fourth-order valence-electron chi connectivity index (χ4n) is 4.69. The summed E-state index contributed by atoms with van der Waals surface area (Å²) in [5.74, 6) is -0.0619. The van der Waals surface area contributed by atoms with Gasteiger partial charge in [0.1, 0.15) is 0 Å². The van der Waals surface area contributed by atoms with Gasteiger partial charge in [0.15, 0.2) is 15.6 Å². The molecule has 1 saturated heterocycles. The van der Waals surface area contributed by atoms with Crippen LogP contribution in [0.3, 0.4) is 0 Å². The van der Waals surface area contributed by atoms with E-state index in [9.17, 15) is 18.0 Å². The third kappa shape index (κ3) is 7.02. The van der Waals surface area contributed by atoms with Crippen LogP contribution in [-0.4, -0.2) is 60.4 Å². The van der Waals surface area contributed by atoms with E-state index in [1.807, 2.05) is 29.2 Å². The first-order chi connectivity index (χ1) is 17.7. The number of nitrogens with one attached hydrogen (secondary N) is 1. The fraction of sp³-hybridized carbons (Fsp3) is 0.321. The Morgan fingerprint density at radius 3 is 2.49 bits per heavy atom. The number of ketones is 1. The summed E-state index contributed by atoms with van der Waals surface area (Å²) >= 11 is 0. The Morgan fingerprint density at radius 1 is 1.05 bits per heavy atom. The van der Waals surface area contributed by atoms with Gasteiger partial charge < -0.3 is 10.2 Å². The molecule has 4 rings (SSSR count). The Bertz CT molecular complexity index is 1350. The lowest BCUT2D eigenvalue weighted by Gasteiger charge is -2.38. The van der Waals surface area contributed by atoms with E-state index in [1.54, 1.807) is 48.8 Å². The average molecular weight is 521 g/mol. The van der Waals surface area contributed by atoms with Crippen LogP contribution in [0.5, 0.6) is 0 Å². The Hall–Kier alpha value is -3.56. The molecule has 1 fully saturated rings. The molecule has 0 radical (unpaired) electrons. The maximum absolute atomic E-state index is 13.5. The number of urea groups is 1. The van der Waals surface area contributed by atoms with Crippen molar-refractivity contribution in [2.45, 2.75) is 43.8 Å². The summed E-state index contributed by atoms with van der Waals surface area (Å²) in [7, 11) is -3.31. The van der Waals surface area contributed by atoms with E-state index in [0.717, 1.165) is 37.1 Å². The number of nitrogens with zero attached hydrogens (tertiary/aromatic N) is 3. The Morgan fingerprint density at radius 2 is 1.81 bits per heavy atom. The highest BCUT2D eigenvalue weighted by atomic mass is 32.2. The highest BCUT2D eigenvalue weighted by molar-refractivity contribution is 7.90. The molecule has 1 aromatic heterocycles. The lowest BCUT2D eigenvalue weighted by molar-refractivity contribution is 0.101. The van der Waals surface area contributed by atoms with E-state index in [2.05, 4.69) is 15.2 Å². The zero-order valence-electron chi connectivity index (χ0n) is 21.1. The molecule has 0 atom stereocenters. The van der Waals surface area contributed by atoms with Gasteiger partial charge in [0, 0.05) is 62.1 Å². The largest absolute Gasteiger partial charge is 0.322 e. The molecule has 1 N–H and O–H groups in total. The van der Waals surface area contributed by atoms with E-state index < -0.39 is 9.84 Å². The number of hydrogen-bond acceptors (Lipinski definition) is 6. The first kappa shape index (κ1) is 26.5. The lowest BCUT2D eigenvalue weighted by Crippen LogP contribution is -2.48. The number of Topliss-reactive ketones (excluding diaryl/α,β-unsaturated/α-hetero) is 1. The van der Waals surface area contributed by atoms with Crippen LogP contribution in [-0.2, 0) is 22.9 Å². The molecule has 3 aromatic rings. The van der Waals surface area contributed by atoms with Crippen molar-refractivity contribution in [3.05, 3.63) is 89.7 Å². The van der Waals surface area contributed by atoms with Crippen molar-refractivity contribution in [1.82, 2.24) is 14.8 Å². The minimum Gasteiger partial charge on any atom is -0.317 e. The molecule has 1 aliphatic rings. The van der Waals surface area contributed by atoms with Gasteiger partial charge in [0.2, 0.25) is 0 Å². The van der Waals surface area contributed by atoms with Crippen molar-refractivity contribution >= 4 is 27.3 Å². The van der Waals surface area contributed by atoms with Crippen LogP contribution < -0.4 is 5.32 Å². The molecule has 0 spiro atoms. The van der Waals surface area contributed by atoms with Gasteiger partial charge in [-0.15, -0.1) is 0 Å². The number of anilines is 1. The highest BCUT2D eigenvalue weighted by Crippen LogP contribution is 2.24. The SMILES string of the molecule is CC(=O)c1cccc(NC(=O)N(Cc2cccnc2)C2CCN(Cc3ccccc3S(C)(=O)=O)CC2)c1. The number of likely N-dealkylation sites (tertiary alicyclic amines) is 1. The topological polar surface area (TPSA) is 99.7 Å². The second kappa shape index (κ2) is 11.7. The van der Waals surface area contributed by atoms with Gasteiger partial charge in [0.05, 0.1) is 4.90 Å². The summed E-state index contributed by atoms with van der Waals surface area (Å²) in [6, 6.07) is 17.6. The minimum atomic E-state index is -3.31. The Balaban J connectivity index is 1.47. The van der Waals surface area contributed by atoms with Crippen molar-refractivity contribution in [1.29, 1.82) is 0 Å². The van der Waals surface area contributed by atoms with Gasteiger partial charge in [-0.05, 0) is 55.2 Å². The van der Waals surface area contributed by atoms with Gasteiger partial charge in [-0.25, -0.2) is 13.2 Å².